The quantitative estimate of drug-likeness (QED) is 0.891. The third-order valence-electron chi connectivity index (χ3n) is 3.05. The Labute approximate surface area is 108 Å². The van der Waals surface area contributed by atoms with Crippen molar-refractivity contribution in [1.29, 1.82) is 0 Å². The van der Waals surface area contributed by atoms with Gasteiger partial charge in [-0.15, -0.1) is 0 Å². The maximum absolute atomic E-state index is 11.7. The van der Waals surface area contributed by atoms with E-state index in [0.717, 1.165) is 5.56 Å². The number of aromatic nitrogens is 1. The monoisotopic (exact) mass is 279 g/mol. The highest BCUT2D eigenvalue weighted by molar-refractivity contribution is 7.91. The van der Waals surface area contributed by atoms with Gasteiger partial charge in [-0.1, -0.05) is 5.16 Å². The zero-order valence-corrected chi connectivity index (χ0v) is 10.5. The van der Waals surface area contributed by atoms with Crippen molar-refractivity contribution in [3.05, 3.63) is 35.5 Å². The Morgan fingerprint density at radius 1 is 1.32 bits per heavy atom. The molecule has 2 heterocycles. The minimum Gasteiger partial charge on any atom is -0.476 e. The van der Waals surface area contributed by atoms with Gasteiger partial charge < -0.3 is 9.63 Å². The van der Waals surface area contributed by atoms with E-state index in [-0.39, 0.29) is 11.4 Å². The molecule has 1 aromatic carbocycles. The predicted molar refractivity (Wildman–Crippen MR) is 64.7 cm³/mol. The van der Waals surface area contributed by atoms with Gasteiger partial charge in [0.15, 0.2) is 21.3 Å². The summed E-state index contributed by atoms with van der Waals surface area (Å²) in [4.78, 5) is 11.1. The molecule has 0 atom stereocenters. The lowest BCUT2D eigenvalue weighted by Crippen LogP contribution is -1.98. The Balaban J connectivity index is 2.06. The number of benzene rings is 1. The van der Waals surface area contributed by atoms with Crippen molar-refractivity contribution < 1.29 is 22.8 Å². The first-order chi connectivity index (χ1) is 8.97. The van der Waals surface area contributed by atoms with Crippen molar-refractivity contribution in [3.63, 3.8) is 0 Å². The molecule has 0 radical (unpaired) electrons. The summed E-state index contributed by atoms with van der Waals surface area (Å²) in [7, 11) is -3.15. The number of hydrogen-bond donors (Lipinski definition) is 1. The number of fused-ring (bicyclic) bond motifs is 1. The highest BCUT2D eigenvalue weighted by Crippen LogP contribution is 2.30. The number of carboxylic acids is 1. The van der Waals surface area contributed by atoms with Gasteiger partial charge in [-0.25, -0.2) is 13.2 Å². The van der Waals surface area contributed by atoms with Crippen LogP contribution >= 0.6 is 0 Å². The van der Waals surface area contributed by atoms with Gasteiger partial charge in [0.05, 0.1) is 10.6 Å². The summed E-state index contributed by atoms with van der Waals surface area (Å²) >= 11 is 0. The van der Waals surface area contributed by atoms with Crippen LogP contribution in [0.15, 0.2) is 33.7 Å². The molecule has 0 fully saturated rings. The van der Waals surface area contributed by atoms with E-state index in [2.05, 4.69) is 5.16 Å². The molecular formula is C12H9NO5S. The van der Waals surface area contributed by atoms with Crippen molar-refractivity contribution in [2.24, 2.45) is 0 Å². The fourth-order valence-corrected chi connectivity index (χ4v) is 3.64. The fraction of sp³-hybridized carbons (Fsp3) is 0.167. The Morgan fingerprint density at radius 3 is 2.79 bits per heavy atom. The molecule has 1 aromatic heterocycles. The molecule has 1 N–H and O–H groups in total. The number of hydrogen-bond acceptors (Lipinski definition) is 5. The molecule has 98 valence electrons. The summed E-state index contributed by atoms with van der Waals surface area (Å²) in [6.45, 7) is 0. The molecule has 6 nitrogen and oxygen atoms in total. The molecule has 0 saturated heterocycles. The predicted octanol–water partition coefficient (Wildman–Crippen LogP) is 1.37. The first kappa shape index (κ1) is 11.9. The standard InChI is InChI=1S/C12H9NO5S/c14-12(15)9-6-10(18-13-9)7-1-2-11-8(5-7)3-4-19(11,16)17/h1-2,5-6H,3-4H2,(H,14,15). The molecule has 0 bridgehead atoms. The average Bonchev–Trinajstić information content (AvgIpc) is 2.95. The van der Waals surface area contributed by atoms with Gasteiger partial charge >= 0.3 is 5.97 Å². The number of rotatable bonds is 2. The molecule has 19 heavy (non-hydrogen) atoms. The van der Waals surface area contributed by atoms with Crippen LogP contribution < -0.4 is 0 Å². The molecule has 0 saturated carbocycles. The van der Waals surface area contributed by atoms with Crippen molar-refractivity contribution in [1.82, 2.24) is 5.16 Å². The van der Waals surface area contributed by atoms with Gasteiger partial charge in [0.2, 0.25) is 0 Å². The van der Waals surface area contributed by atoms with Crippen molar-refractivity contribution in [2.45, 2.75) is 11.3 Å². The van der Waals surface area contributed by atoms with Gasteiger partial charge in [-0.05, 0) is 30.2 Å². The van der Waals surface area contributed by atoms with Crippen molar-refractivity contribution in [2.75, 3.05) is 5.75 Å². The molecule has 0 aliphatic carbocycles. The molecule has 1 aliphatic heterocycles. The van der Waals surface area contributed by atoms with Crippen LogP contribution in [0.3, 0.4) is 0 Å². The summed E-state index contributed by atoms with van der Waals surface area (Å²) in [6, 6.07) is 6.13. The molecule has 2 aromatic rings. The highest BCUT2D eigenvalue weighted by atomic mass is 32.2. The number of carbonyl (C=O) groups is 1. The number of carboxylic acid groups (broad SMARTS) is 1. The van der Waals surface area contributed by atoms with Gasteiger partial charge in [-0.2, -0.15) is 0 Å². The molecule has 0 spiro atoms. The molecule has 3 rings (SSSR count). The Morgan fingerprint density at radius 2 is 2.11 bits per heavy atom. The van der Waals surface area contributed by atoms with E-state index >= 15 is 0 Å². The molecule has 0 amide bonds. The van der Waals surface area contributed by atoms with E-state index in [9.17, 15) is 13.2 Å². The van der Waals surface area contributed by atoms with Crippen LogP contribution in [-0.4, -0.2) is 30.4 Å². The number of aryl methyl sites for hydroxylation is 1. The Kier molecular flexibility index (Phi) is 2.46. The van der Waals surface area contributed by atoms with E-state index in [1.165, 1.54) is 12.1 Å². The summed E-state index contributed by atoms with van der Waals surface area (Å²) in [5, 5.41) is 12.2. The van der Waals surface area contributed by atoms with E-state index in [1.54, 1.807) is 12.1 Å². The smallest absolute Gasteiger partial charge is 0.358 e. The number of nitrogens with zero attached hydrogens (tertiary/aromatic N) is 1. The second-order valence-electron chi connectivity index (χ2n) is 4.27. The molecular weight excluding hydrogens is 270 g/mol. The van der Waals surface area contributed by atoms with Crippen LogP contribution in [0.25, 0.3) is 11.3 Å². The summed E-state index contributed by atoms with van der Waals surface area (Å²) in [6.07, 6.45) is 0.464. The topological polar surface area (TPSA) is 97.5 Å². The van der Waals surface area contributed by atoms with E-state index in [0.29, 0.717) is 22.6 Å². The summed E-state index contributed by atoms with van der Waals surface area (Å²) in [5.74, 6) is -0.744. The second-order valence-corrected chi connectivity index (χ2v) is 6.35. The van der Waals surface area contributed by atoms with E-state index in [4.69, 9.17) is 9.63 Å². The van der Waals surface area contributed by atoms with Crippen LogP contribution in [0, 0.1) is 0 Å². The minimum atomic E-state index is -3.15. The minimum absolute atomic E-state index is 0.114. The first-order valence-electron chi connectivity index (χ1n) is 5.53. The number of aromatic carboxylic acids is 1. The lowest BCUT2D eigenvalue weighted by atomic mass is 10.1. The van der Waals surface area contributed by atoms with Crippen molar-refractivity contribution >= 4 is 15.8 Å². The maximum atomic E-state index is 11.7. The SMILES string of the molecule is O=C(O)c1cc(-c2ccc3c(c2)CCS3(=O)=O)on1. The van der Waals surface area contributed by atoms with E-state index in [1.807, 2.05) is 0 Å². The molecule has 1 aliphatic rings. The van der Waals surface area contributed by atoms with Crippen LogP contribution in [0.1, 0.15) is 16.1 Å². The summed E-state index contributed by atoms with van der Waals surface area (Å²) in [5.41, 5.74) is 1.17. The maximum Gasteiger partial charge on any atom is 0.358 e. The van der Waals surface area contributed by atoms with Crippen LogP contribution in [0.4, 0.5) is 0 Å². The normalized spacial score (nSPS) is 16.2. The lowest BCUT2D eigenvalue weighted by molar-refractivity contribution is 0.0686. The van der Waals surface area contributed by atoms with Crippen LogP contribution in [0.2, 0.25) is 0 Å². The fourth-order valence-electron chi connectivity index (χ4n) is 2.10. The second kappa shape index (κ2) is 3.92. The largest absolute Gasteiger partial charge is 0.476 e. The summed E-state index contributed by atoms with van der Waals surface area (Å²) < 4.78 is 28.3. The van der Waals surface area contributed by atoms with Gasteiger partial charge in [0.1, 0.15) is 0 Å². The van der Waals surface area contributed by atoms with Crippen molar-refractivity contribution in [3.8, 4) is 11.3 Å². The first-order valence-corrected chi connectivity index (χ1v) is 7.19. The highest BCUT2D eigenvalue weighted by Gasteiger charge is 2.26. The number of sulfone groups is 1. The zero-order chi connectivity index (χ0) is 13.6. The Bertz CT molecular complexity index is 775. The molecule has 7 heteroatoms. The Hall–Kier alpha value is -2.15. The van der Waals surface area contributed by atoms with Gasteiger partial charge in [0, 0.05) is 11.6 Å². The molecule has 0 unspecified atom stereocenters. The van der Waals surface area contributed by atoms with Gasteiger partial charge in [-0.3, -0.25) is 0 Å². The average molecular weight is 279 g/mol. The zero-order valence-electron chi connectivity index (χ0n) is 9.66. The van der Waals surface area contributed by atoms with Crippen LogP contribution in [-0.2, 0) is 16.3 Å². The third kappa shape index (κ3) is 1.91. The third-order valence-corrected chi connectivity index (χ3v) is 4.86. The lowest BCUT2D eigenvalue weighted by Gasteiger charge is -2.00. The van der Waals surface area contributed by atoms with Crippen LogP contribution in [0.5, 0.6) is 0 Å². The van der Waals surface area contributed by atoms with Gasteiger partial charge in [0.25, 0.3) is 0 Å². The van der Waals surface area contributed by atoms with E-state index < -0.39 is 15.8 Å².